The molecule has 0 aliphatic heterocycles. The lowest BCUT2D eigenvalue weighted by atomic mass is 10.0. The zero-order valence-electron chi connectivity index (χ0n) is 12.5. The molecule has 0 unspecified atom stereocenters. The van der Waals surface area contributed by atoms with Crippen molar-refractivity contribution in [3.05, 3.63) is 47.5 Å². The van der Waals surface area contributed by atoms with Gasteiger partial charge in [0.25, 0.3) is 0 Å². The van der Waals surface area contributed by atoms with Crippen LogP contribution < -0.4 is 0 Å². The molecule has 0 heterocycles. The molecule has 3 heteroatoms. The van der Waals surface area contributed by atoms with Gasteiger partial charge in [-0.15, -0.1) is 0 Å². The van der Waals surface area contributed by atoms with Crippen LogP contribution in [0.4, 0.5) is 0 Å². The molecule has 0 spiro atoms. The van der Waals surface area contributed by atoms with Crippen LogP contribution >= 0.6 is 0 Å². The normalized spacial score (nSPS) is 13.1. The number of hydrogen-bond acceptors (Lipinski definition) is 3. The Kier molecular flexibility index (Phi) is 5.12. The SMILES string of the molecule is Cc1ccc2cc([C@H](O)COCCN(C)C)ccc2c1. The highest BCUT2D eigenvalue weighted by molar-refractivity contribution is 5.83. The van der Waals surface area contributed by atoms with Crippen molar-refractivity contribution in [1.29, 1.82) is 0 Å². The Balaban J connectivity index is 1.99. The molecule has 0 aliphatic carbocycles. The molecule has 108 valence electrons. The monoisotopic (exact) mass is 273 g/mol. The fraction of sp³-hybridized carbons (Fsp3) is 0.412. The minimum absolute atomic E-state index is 0.339. The van der Waals surface area contributed by atoms with E-state index in [4.69, 9.17) is 4.74 Å². The van der Waals surface area contributed by atoms with Crippen molar-refractivity contribution in [2.75, 3.05) is 33.9 Å². The third-order valence-electron chi connectivity index (χ3n) is 3.36. The van der Waals surface area contributed by atoms with Gasteiger partial charge in [-0.25, -0.2) is 0 Å². The standard InChI is InChI=1S/C17H23NO2/c1-13-4-5-15-11-16(7-6-14(15)10-13)17(19)12-20-9-8-18(2)3/h4-7,10-11,17,19H,8-9,12H2,1-3H3/t17-/m1/s1. The predicted octanol–water partition coefficient (Wildman–Crippen LogP) is 2.76. The quantitative estimate of drug-likeness (QED) is 0.822. The molecule has 0 amide bonds. The van der Waals surface area contributed by atoms with Crippen molar-refractivity contribution < 1.29 is 9.84 Å². The number of aryl methyl sites for hydroxylation is 1. The summed E-state index contributed by atoms with van der Waals surface area (Å²) in [7, 11) is 4.01. The van der Waals surface area contributed by atoms with Gasteiger partial charge in [0.15, 0.2) is 0 Å². The molecule has 0 saturated heterocycles. The molecule has 3 nitrogen and oxygen atoms in total. The lowest BCUT2D eigenvalue weighted by molar-refractivity contribution is 0.0307. The maximum Gasteiger partial charge on any atom is 0.102 e. The van der Waals surface area contributed by atoms with E-state index in [0.29, 0.717) is 13.2 Å². The Morgan fingerprint density at radius 3 is 2.55 bits per heavy atom. The highest BCUT2D eigenvalue weighted by Crippen LogP contribution is 2.21. The molecule has 0 saturated carbocycles. The molecule has 20 heavy (non-hydrogen) atoms. The van der Waals surface area contributed by atoms with Crippen LogP contribution in [0.15, 0.2) is 36.4 Å². The second kappa shape index (κ2) is 6.84. The van der Waals surface area contributed by atoms with E-state index in [9.17, 15) is 5.11 Å². The highest BCUT2D eigenvalue weighted by atomic mass is 16.5. The lowest BCUT2D eigenvalue weighted by Crippen LogP contribution is -2.19. The zero-order valence-corrected chi connectivity index (χ0v) is 12.5. The number of nitrogens with zero attached hydrogens (tertiary/aromatic N) is 1. The van der Waals surface area contributed by atoms with Crippen LogP contribution in [0, 0.1) is 6.92 Å². The second-order valence-electron chi connectivity index (χ2n) is 5.50. The van der Waals surface area contributed by atoms with E-state index in [2.05, 4.69) is 36.1 Å². The Hall–Kier alpha value is -1.42. The maximum absolute atomic E-state index is 10.2. The summed E-state index contributed by atoms with van der Waals surface area (Å²) in [6, 6.07) is 12.4. The van der Waals surface area contributed by atoms with E-state index in [0.717, 1.165) is 17.5 Å². The van der Waals surface area contributed by atoms with Gasteiger partial charge in [-0.1, -0.05) is 35.9 Å². The summed E-state index contributed by atoms with van der Waals surface area (Å²) in [4.78, 5) is 2.06. The molecule has 0 aromatic heterocycles. The third-order valence-corrected chi connectivity index (χ3v) is 3.36. The van der Waals surface area contributed by atoms with Crippen LogP contribution in [-0.4, -0.2) is 43.9 Å². The molecule has 0 fully saturated rings. The molecule has 2 aromatic carbocycles. The van der Waals surface area contributed by atoms with Gasteiger partial charge >= 0.3 is 0 Å². The molecular formula is C17H23NO2. The van der Waals surface area contributed by atoms with Crippen LogP contribution in [0.2, 0.25) is 0 Å². The number of aliphatic hydroxyl groups is 1. The predicted molar refractivity (Wildman–Crippen MR) is 83.0 cm³/mol. The fourth-order valence-electron chi connectivity index (χ4n) is 2.13. The summed E-state index contributed by atoms with van der Waals surface area (Å²) >= 11 is 0. The van der Waals surface area contributed by atoms with Crippen LogP contribution in [0.3, 0.4) is 0 Å². The molecular weight excluding hydrogens is 250 g/mol. The highest BCUT2D eigenvalue weighted by Gasteiger charge is 2.08. The van der Waals surface area contributed by atoms with Crippen LogP contribution in [0.1, 0.15) is 17.2 Å². The summed E-state index contributed by atoms with van der Waals surface area (Å²) in [5.74, 6) is 0. The van der Waals surface area contributed by atoms with E-state index < -0.39 is 6.10 Å². The van der Waals surface area contributed by atoms with E-state index >= 15 is 0 Å². The first-order chi connectivity index (χ1) is 9.56. The second-order valence-corrected chi connectivity index (χ2v) is 5.50. The van der Waals surface area contributed by atoms with Gasteiger partial charge in [0, 0.05) is 6.54 Å². The molecule has 2 aromatic rings. The summed E-state index contributed by atoms with van der Waals surface area (Å²) in [6.07, 6.45) is -0.567. The third kappa shape index (κ3) is 4.04. The van der Waals surface area contributed by atoms with Crippen LogP contribution in [0.5, 0.6) is 0 Å². The smallest absolute Gasteiger partial charge is 0.102 e. The first-order valence-electron chi connectivity index (χ1n) is 6.97. The molecule has 0 radical (unpaired) electrons. The summed E-state index contributed by atoms with van der Waals surface area (Å²) in [5.41, 5.74) is 2.16. The number of aliphatic hydroxyl groups excluding tert-OH is 1. The summed E-state index contributed by atoms with van der Waals surface area (Å²) in [5, 5.41) is 12.5. The summed E-state index contributed by atoms with van der Waals surface area (Å²) in [6.45, 7) is 3.92. The zero-order chi connectivity index (χ0) is 14.5. The number of fused-ring (bicyclic) bond motifs is 1. The largest absolute Gasteiger partial charge is 0.386 e. The molecule has 0 aliphatic rings. The van der Waals surface area contributed by atoms with E-state index in [1.165, 1.54) is 10.9 Å². The first-order valence-corrected chi connectivity index (χ1v) is 6.97. The molecule has 2 rings (SSSR count). The molecule has 0 bridgehead atoms. The number of likely N-dealkylation sites (N-methyl/N-ethyl adjacent to an activating group) is 1. The van der Waals surface area contributed by atoms with Crippen molar-refractivity contribution in [3.63, 3.8) is 0 Å². The lowest BCUT2D eigenvalue weighted by Gasteiger charge is -2.14. The van der Waals surface area contributed by atoms with E-state index in [-0.39, 0.29) is 0 Å². The minimum Gasteiger partial charge on any atom is -0.386 e. The van der Waals surface area contributed by atoms with Gasteiger partial charge in [-0.3, -0.25) is 0 Å². The number of benzene rings is 2. The topological polar surface area (TPSA) is 32.7 Å². The average Bonchev–Trinajstić information content (AvgIpc) is 2.42. The van der Waals surface area contributed by atoms with Crippen LogP contribution in [0.25, 0.3) is 10.8 Å². The Morgan fingerprint density at radius 1 is 1.10 bits per heavy atom. The Bertz CT molecular complexity index is 566. The number of rotatable bonds is 6. The Labute approximate surface area is 120 Å². The Morgan fingerprint density at radius 2 is 1.80 bits per heavy atom. The first kappa shape index (κ1) is 15.0. The van der Waals surface area contributed by atoms with Gasteiger partial charge in [0.2, 0.25) is 0 Å². The summed E-state index contributed by atoms with van der Waals surface area (Å²) < 4.78 is 5.50. The van der Waals surface area contributed by atoms with Gasteiger partial charge < -0.3 is 14.7 Å². The average molecular weight is 273 g/mol. The van der Waals surface area contributed by atoms with Crippen molar-refractivity contribution in [1.82, 2.24) is 4.90 Å². The van der Waals surface area contributed by atoms with Gasteiger partial charge in [0.05, 0.1) is 13.2 Å². The van der Waals surface area contributed by atoms with Crippen LogP contribution in [-0.2, 0) is 4.74 Å². The van der Waals surface area contributed by atoms with Gasteiger partial charge in [0.1, 0.15) is 6.10 Å². The van der Waals surface area contributed by atoms with E-state index in [1.54, 1.807) is 0 Å². The number of ether oxygens (including phenoxy) is 1. The fourth-order valence-corrected chi connectivity index (χ4v) is 2.13. The van der Waals surface area contributed by atoms with E-state index in [1.807, 2.05) is 26.2 Å². The number of hydrogen-bond donors (Lipinski definition) is 1. The molecule has 1 atom stereocenters. The van der Waals surface area contributed by atoms with Gasteiger partial charge in [-0.2, -0.15) is 0 Å². The van der Waals surface area contributed by atoms with Crippen molar-refractivity contribution >= 4 is 10.8 Å². The van der Waals surface area contributed by atoms with Crippen molar-refractivity contribution in [2.45, 2.75) is 13.0 Å². The maximum atomic E-state index is 10.2. The van der Waals surface area contributed by atoms with Crippen molar-refractivity contribution in [3.8, 4) is 0 Å². The minimum atomic E-state index is -0.567. The van der Waals surface area contributed by atoms with Gasteiger partial charge in [-0.05, 0) is 43.4 Å². The molecule has 1 N–H and O–H groups in total. The van der Waals surface area contributed by atoms with Crippen molar-refractivity contribution in [2.24, 2.45) is 0 Å².